The number of para-hydroxylation sites is 1. The van der Waals surface area contributed by atoms with Gasteiger partial charge in [-0.2, -0.15) is 5.10 Å². The Morgan fingerprint density at radius 3 is 2.63 bits per heavy atom. The van der Waals surface area contributed by atoms with Gasteiger partial charge in [-0.1, -0.05) is 32.0 Å². The standard InChI is InChI=1S/C22H25N3O2/c1-3-13-25-16-18(20-7-5-6-8-21(20)25)15-23-24-22(26)17-9-11-19(12-10-17)27-14-4-2/h5-12,15-16H,3-4,13-14H2,1-2H3,(H,24,26)/b23-15-. The number of carbonyl (C=O) groups excluding carboxylic acids is 1. The Kier molecular flexibility index (Phi) is 6.26. The number of hydrazone groups is 1. The van der Waals surface area contributed by atoms with Gasteiger partial charge in [-0.25, -0.2) is 5.43 Å². The zero-order chi connectivity index (χ0) is 19.1. The number of nitrogens with zero attached hydrogens (tertiary/aromatic N) is 2. The number of aryl methyl sites for hydroxylation is 1. The van der Waals surface area contributed by atoms with Gasteiger partial charge >= 0.3 is 0 Å². The quantitative estimate of drug-likeness (QED) is 0.469. The molecular formula is C22H25N3O2. The highest BCUT2D eigenvalue weighted by molar-refractivity contribution is 6.00. The molecular weight excluding hydrogens is 338 g/mol. The minimum absolute atomic E-state index is 0.245. The molecule has 0 fully saturated rings. The molecule has 0 radical (unpaired) electrons. The lowest BCUT2D eigenvalue weighted by Gasteiger charge is -2.05. The molecule has 0 saturated carbocycles. The van der Waals surface area contributed by atoms with Crippen LogP contribution in [0.25, 0.3) is 10.9 Å². The zero-order valence-electron chi connectivity index (χ0n) is 15.8. The number of nitrogens with one attached hydrogen (secondary N) is 1. The fraction of sp³-hybridized carbons (Fsp3) is 0.273. The summed E-state index contributed by atoms with van der Waals surface area (Å²) in [4.78, 5) is 12.3. The van der Waals surface area contributed by atoms with E-state index in [4.69, 9.17) is 4.74 Å². The van der Waals surface area contributed by atoms with Crippen LogP contribution in [0.5, 0.6) is 5.75 Å². The first-order valence-electron chi connectivity index (χ1n) is 9.37. The molecule has 5 nitrogen and oxygen atoms in total. The first-order chi connectivity index (χ1) is 13.2. The van der Waals surface area contributed by atoms with Crippen molar-refractivity contribution in [3.8, 4) is 5.75 Å². The van der Waals surface area contributed by atoms with Gasteiger partial charge in [0, 0.05) is 34.8 Å². The lowest BCUT2D eigenvalue weighted by Crippen LogP contribution is -2.17. The Morgan fingerprint density at radius 2 is 1.89 bits per heavy atom. The molecule has 0 atom stereocenters. The Bertz CT molecular complexity index is 926. The summed E-state index contributed by atoms with van der Waals surface area (Å²) in [6.45, 7) is 5.83. The smallest absolute Gasteiger partial charge is 0.271 e. The van der Waals surface area contributed by atoms with Crippen LogP contribution >= 0.6 is 0 Å². The summed E-state index contributed by atoms with van der Waals surface area (Å²) in [6.07, 6.45) is 5.78. The maximum absolute atomic E-state index is 12.3. The van der Waals surface area contributed by atoms with Crippen LogP contribution in [0, 0.1) is 0 Å². The molecule has 3 rings (SSSR count). The van der Waals surface area contributed by atoms with Gasteiger partial charge in [0.2, 0.25) is 0 Å². The fourth-order valence-electron chi connectivity index (χ4n) is 2.95. The van der Waals surface area contributed by atoms with E-state index < -0.39 is 0 Å². The Hall–Kier alpha value is -3.08. The van der Waals surface area contributed by atoms with Gasteiger partial charge in [-0.15, -0.1) is 0 Å². The van der Waals surface area contributed by atoms with Gasteiger partial charge in [-0.05, 0) is 43.2 Å². The third-order valence-electron chi connectivity index (χ3n) is 4.24. The minimum atomic E-state index is -0.245. The monoisotopic (exact) mass is 363 g/mol. The summed E-state index contributed by atoms with van der Waals surface area (Å²) in [5.41, 5.74) is 5.31. The molecule has 0 bridgehead atoms. The first-order valence-corrected chi connectivity index (χ1v) is 9.37. The summed E-state index contributed by atoms with van der Waals surface area (Å²) < 4.78 is 7.74. The summed E-state index contributed by atoms with van der Waals surface area (Å²) in [7, 11) is 0. The predicted molar refractivity (Wildman–Crippen MR) is 110 cm³/mol. The van der Waals surface area contributed by atoms with Crippen LogP contribution in [0.3, 0.4) is 0 Å². The molecule has 0 saturated heterocycles. The minimum Gasteiger partial charge on any atom is -0.494 e. The van der Waals surface area contributed by atoms with Crippen LogP contribution in [0.15, 0.2) is 59.8 Å². The van der Waals surface area contributed by atoms with Crippen molar-refractivity contribution in [1.82, 2.24) is 9.99 Å². The molecule has 0 aliphatic rings. The molecule has 2 aromatic carbocycles. The average Bonchev–Trinajstić information content (AvgIpc) is 3.05. The third kappa shape index (κ3) is 4.56. The zero-order valence-corrected chi connectivity index (χ0v) is 15.8. The second kappa shape index (κ2) is 9.03. The highest BCUT2D eigenvalue weighted by Gasteiger charge is 2.07. The molecule has 1 N–H and O–H groups in total. The Morgan fingerprint density at radius 1 is 1.11 bits per heavy atom. The number of fused-ring (bicyclic) bond motifs is 1. The van der Waals surface area contributed by atoms with E-state index in [9.17, 15) is 4.79 Å². The number of ether oxygens (including phenoxy) is 1. The highest BCUT2D eigenvalue weighted by Crippen LogP contribution is 2.20. The molecule has 27 heavy (non-hydrogen) atoms. The van der Waals surface area contributed by atoms with E-state index in [1.54, 1.807) is 30.5 Å². The van der Waals surface area contributed by atoms with Crippen LogP contribution < -0.4 is 10.2 Å². The van der Waals surface area contributed by atoms with Gasteiger partial charge in [-0.3, -0.25) is 4.79 Å². The van der Waals surface area contributed by atoms with Gasteiger partial charge in [0.25, 0.3) is 5.91 Å². The van der Waals surface area contributed by atoms with E-state index in [0.29, 0.717) is 12.2 Å². The van der Waals surface area contributed by atoms with Crippen molar-refractivity contribution >= 4 is 23.0 Å². The van der Waals surface area contributed by atoms with Gasteiger partial charge in [0.15, 0.2) is 0 Å². The lowest BCUT2D eigenvalue weighted by molar-refractivity contribution is 0.0955. The summed E-state index contributed by atoms with van der Waals surface area (Å²) in [5, 5.41) is 5.27. The maximum atomic E-state index is 12.3. The van der Waals surface area contributed by atoms with Crippen molar-refractivity contribution in [3.05, 3.63) is 65.9 Å². The van der Waals surface area contributed by atoms with Crippen LogP contribution in [-0.2, 0) is 6.54 Å². The van der Waals surface area contributed by atoms with Crippen LogP contribution in [0.4, 0.5) is 0 Å². The van der Waals surface area contributed by atoms with E-state index in [1.165, 1.54) is 5.52 Å². The summed E-state index contributed by atoms with van der Waals surface area (Å²) in [6, 6.07) is 15.3. The number of amides is 1. The van der Waals surface area contributed by atoms with E-state index in [0.717, 1.165) is 36.1 Å². The molecule has 0 spiro atoms. The van der Waals surface area contributed by atoms with Gasteiger partial charge < -0.3 is 9.30 Å². The fourth-order valence-corrected chi connectivity index (χ4v) is 2.95. The number of rotatable bonds is 8. The average molecular weight is 363 g/mol. The molecule has 0 unspecified atom stereocenters. The number of hydrogen-bond donors (Lipinski definition) is 1. The molecule has 140 valence electrons. The normalized spacial score (nSPS) is 11.2. The van der Waals surface area contributed by atoms with Gasteiger partial charge in [0.1, 0.15) is 5.75 Å². The molecule has 1 aromatic heterocycles. The second-order valence-corrected chi connectivity index (χ2v) is 6.37. The van der Waals surface area contributed by atoms with Crippen molar-refractivity contribution in [2.24, 2.45) is 5.10 Å². The molecule has 1 heterocycles. The molecule has 0 aliphatic carbocycles. The molecule has 1 amide bonds. The van der Waals surface area contributed by atoms with Crippen LogP contribution in [0.2, 0.25) is 0 Å². The van der Waals surface area contributed by atoms with Crippen molar-refractivity contribution < 1.29 is 9.53 Å². The van der Waals surface area contributed by atoms with Crippen molar-refractivity contribution in [3.63, 3.8) is 0 Å². The topological polar surface area (TPSA) is 55.6 Å². The number of aromatic nitrogens is 1. The third-order valence-corrected chi connectivity index (χ3v) is 4.24. The molecule has 3 aromatic rings. The van der Waals surface area contributed by atoms with Gasteiger partial charge in [0.05, 0.1) is 12.8 Å². The predicted octanol–water partition coefficient (Wildman–Crippen LogP) is 4.60. The summed E-state index contributed by atoms with van der Waals surface area (Å²) in [5.74, 6) is 0.520. The van der Waals surface area contributed by atoms with E-state index in [-0.39, 0.29) is 5.91 Å². The number of carbonyl (C=O) groups is 1. The highest BCUT2D eigenvalue weighted by atomic mass is 16.5. The SMILES string of the molecule is CCCOc1ccc(C(=O)N/N=C\c2cn(CCC)c3ccccc23)cc1. The number of hydrogen-bond acceptors (Lipinski definition) is 3. The Balaban J connectivity index is 1.68. The van der Waals surface area contributed by atoms with Crippen molar-refractivity contribution in [2.75, 3.05) is 6.61 Å². The number of benzene rings is 2. The Labute approximate surface area is 159 Å². The van der Waals surface area contributed by atoms with Crippen LogP contribution in [0.1, 0.15) is 42.6 Å². The first kappa shape index (κ1) is 18.7. The molecule has 0 aliphatic heterocycles. The van der Waals surface area contributed by atoms with E-state index in [2.05, 4.69) is 47.3 Å². The lowest BCUT2D eigenvalue weighted by atomic mass is 10.2. The van der Waals surface area contributed by atoms with Crippen molar-refractivity contribution in [2.45, 2.75) is 33.2 Å². The second-order valence-electron chi connectivity index (χ2n) is 6.37. The molecule has 5 heteroatoms. The van der Waals surface area contributed by atoms with Crippen molar-refractivity contribution in [1.29, 1.82) is 0 Å². The van der Waals surface area contributed by atoms with E-state index in [1.807, 2.05) is 12.1 Å². The maximum Gasteiger partial charge on any atom is 0.271 e. The summed E-state index contributed by atoms with van der Waals surface area (Å²) >= 11 is 0. The largest absolute Gasteiger partial charge is 0.494 e. The van der Waals surface area contributed by atoms with E-state index >= 15 is 0 Å². The van der Waals surface area contributed by atoms with Crippen LogP contribution in [-0.4, -0.2) is 23.3 Å².